The van der Waals surface area contributed by atoms with Crippen molar-refractivity contribution in [1.82, 2.24) is 0 Å². The van der Waals surface area contributed by atoms with Gasteiger partial charge >= 0.3 is 0 Å². The van der Waals surface area contributed by atoms with E-state index in [1.165, 1.54) is 0 Å². The maximum Gasteiger partial charge on any atom is 0.122 e. The molecule has 0 amide bonds. The Morgan fingerprint density at radius 1 is 0.952 bits per heavy atom. The molecule has 0 heterocycles. The number of hydrogen-bond acceptors (Lipinski definition) is 2. The lowest BCUT2D eigenvalue weighted by molar-refractivity contribution is 0.221. The van der Waals surface area contributed by atoms with Gasteiger partial charge in [0.05, 0.1) is 7.11 Å². The van der Waals surface area contributed by atoms with Crippen LogP contribution in [0.2, 0.25) is 0 Å². The first-order chi connectivity index (χ1) is 10.2. The molecule has 1 N–H and O–H groups in total. The average Bonchev–Trinajstić information content (AvgIpc) is 2.54. The minimum absolute atomic E-state index is 0.661. The lowest BCUT2D eigenvalue weighted by atomic mass is 9.95. The predicted octanol–water partition coefficient (Wildman–Crippen LogP) is 4.24. The Hall–Kier alpha value is -2.32. The van der Waals surface area contributed by atoms with Gasteiger partial charge in [-0.25, -0.2) is 0 Å². The number of aliphatic hydroxyl groups excluding tert-OH is 1. The summed E-state index contributed by atoms with van der Waals surface area (Å²) in [6.45, 7) is 1.99. The van der Waals surface area contributed by atoms with E-state index in [1.54, 1.807) is 7.11 Å². The van der Waals surface area contributed by atoms with Crippen LogP contribution in [0.3, 0.4) is 0 Å². The number of fused-ring (bicyclic) bond motifs is 1. The second-order valence-corrected chi connectivity index (χ2v) is 5.20. The van der Waals surface area contributed by atoms with E-state index in [-0.39, 0.29) is 0 Å². The molecule has 3 rings (SSSR count). The summed E-state index contributed by atoms with van der Waals surface area (Å²) in [4.78, 5) is 0. The van der Waals surface area contributed by atoms with Gasteiger partial charge in [-0.3, -0.25) is 0 Å². The number of aryl methyl sites for hydroxylation is 1. The van der Waals surface area contributed by atoms with Crippen LogP contribution in [0, 0.1) is 6.92 Å². The average molecular weight is 278 g/mol. The Bertz CT molecular complexity index is 772. The van der Waals surface area contributed by atoms with Crippen molar-refractivity contribution in [2.45, 2.75) is 13.0 Å². The quantitative estimate of drug-likeness (QED) is 0.776. The minimum atomic E-state index is -0.661. The number of rotatable bonds is 3. The van der Waals surface area contributed by atoms with Gasteiger partial charge in [0.25, 0.3) is 0 Å². The third kappa shape index (κ3) is 2.50. The number of aliphatic hydroxyl groups is 1. The smallest absolute Gasteiger partial charge is 0.122 e. The van der Waals surface area contributed by atoms with Gasteiger partial charge in [0.15, 0.2) is 0 Å². The van der Waals surface area contributed by atoms with Gasteiger partial charge in [0, 0.05) is 0 Å². The Balaban J connectivity index is 2.10. The molecule has 0 fully saturated rings. The molecule has 106 valence electrons. The van der Waals surface area contributed by atoms with Gasteiger partial charge in [-0.15, -0.1) is 0 Å². The normalized spacial score (nSPS) is 12.3. The van der Waals surface area contributed by atoms with Gasteiger partial charge in [-0.1, -0.05) is 54.6 Å². The van der Waals surface area contributed by atoms with E-state index in [4.69, 9.17) is 4.74 Å². The molecular weight excluding hydrogens is 260 g/mol. The van der Waals surface area contributed by atoms with Crippen LogP contribution in [0.15, 0.2) is 60.7 Å². The molecule has 0 aromatic heterocycles. The summed E-state index contributed by atoms with van der Waals surface area (Å²) in [5.41, 5.74) is 2.82. The van der Waals surface area contributed by atoms with Crippen molar-refractivity contribution in [1.29, 1.82) is 0 Å². The van der Waals surface area contributed by atoms with Crippen LogP contribution in [0.5, 0.6) is 5.75 Å². The SMILES string of the molecule is COc1cc(C(O)c2cccc3ccccc23)ccc1C. The van der Waals surface area contributed by atoms with Gasteiger partial charge in [0.1, 0.15) is 11.9 Å². The maximum atomic E-state index is 10.7. The zero-order chi connectivity index (χ0) is 14.8. The van der Waals surface area contributed by atoms with Crippen LogP contribution in [0.4, 0.5) is 0 Å². The van der Waals surface area contributed by atoms with Gasteiger partial charge in [-0.05, 0) is 40.5 Å². The van der Waals surface area contributed by atoms with Gasteiger partial charge in [0.2, 0.25) is 0 Å². The standard InChI is InChI=1S/C19H18O2/c1-13-10-11-15(12-18(13)21-2)19(20)17-9-5-7-14-6-3-4-8-16(14)17/h3-12,19-20H,1-2H3. The molecule has 3 aromatic carbocycles. The molecule has 0 aliphatic carbocycles. The van der Waals surface area contributed by atoms with Crippen molar-refractivity contribution in [2.24, 2.45) is 0 Å². The highest BCUT2D eigenvalue weighted by Gasteiger charge is 2.14. The molecule has 0 bridgehead atoms. The minimum Gasteiger partial charge on any atom is -0.496 e. The molecule has 3 aromatic rings. The van der Waals surface area contributed by atoms with Gasteiger partial charge < -0.3 is 9.84 Å². The van der Waals surface area contributed by atoms with Crippen LogP contribution in [-0.2, 0) is 0 Å². The third-order valence-electron chi connectivity index (χ3n) is 3.87. The van der Waals surface area contributed by atoms with E-state index >= 15 is 0 Å². The van der Waals surface area contributed by atoms with E-state index in [2.05, 4.69) is 12.1 Å². The van der Waals surface area contributed by atoms with Crippen LogP contribution in [0.25, 0.3) is 10.8 Å². The second kappa shape index (κ2) is 5.58. The van der Waals surface area contributed by atoms with Crippen LogP contribution in [0.1, 0.15) is 22.8 Å². The molecule has 2 nitrogen and oxygen atoms in total. The Kier molecular flexibility index (Phi) is 3.63. The molecule has 1 unspecified atom stereocenters. The fourth-order valence-electron chi connectivity index (χ4n) is 2.68. The number of methoxy groups -OCH3 is 1. The first-order valence-corrected chi connectivity index (χ1v) is 7.01. The Morgan fingerprint density at radius 3 is 2.52 bits per heavy atom. The van der Waals surface area contributed by atoms with Crippen LogP contribution in [-0.4, -0.2) is 12.2 Å². The summed E-state index contributed by atoms with van der Waals surface area (Å²) < 4.78 is 5.35. The van der Waals surface area contributed by atoms with E-state index in [0.717, 1.165) is 33.2 Å². The zero-order valence-corrected chi connectivity index (χ0v) is 12.2. The molecule has 0 saturated heterocycles. The molecule has 2 heteroatoms. The monoisotopic (exact) mass is 278 g/mol. The van der Waals surface area contributed by atoms with Gasteiger partial charge in [-0.2, -0.15) is 0 Å². The summed E-state index contributed by atoms with van der Waals surface area (Å²) in [6, 6.07) is 19.9. The largest absolute Gasteiger partial charge is 0.496 e. The number of benzene rings is 3. The van der Waals surface area contributed by atoms with Crippen molar-refractivity contribution >= 4 is 10.8 Å². The highest BCUT2D eigenvalue weighted by molar-refractivity contribution is 5.86. The summed E-state index contributed by atoms with van der Waals surface area (Å²) >= 11 is 0. The molecule has 1 atom stereocenters. The maximum absolute atomic E-state index is 10.7. The third-order valence-corrected chi connectivity index (χ3v) is 3.87. The summed E-state index contributed by atoms with van der Waals surface area (Å²) in [6.07, 6.45) is -0.661. The van der Waals surface area contributed by atoms with Crippen molar-refractivity contribution in [3.63, 3.8) is 0 Å². The molecule has 0 aliphatic rings. The molecule has 0 saturated carbocycles. The Labute approximate surface area is 124 Å². The van der Waals surface area contributed by atoms with E-state index in [9.17, 15) is 5.11 Å². The van der Waals surface area contributed by atoms with Crippen LogP contribution >= 0.6 is 0 Å². The predicted molar refractivity (Wildman–Crippen MR) is 85.7 cm³/mol. The van der Waals surface area contributed by atoms with E-state index < -0.39 is 6.10 Å². The summed E-state index contributed by atoms with van der Waals surface area (Å²) in [7, 11) is 1.65. The second-order valence-electron chi connectivity index (χ2n) is 5.20. The molecule has 0 aliphatic heterocycles. The number of hydrogen-bond donors (Lipinski definition) is 1. The topological polar surface area (TPSA) is 29.5 Å². The lowest BCUT2D eigenvalue weighted by Gasteiger charge is -2.16. The van der Waals surface area contributed by atoms with E-state index in [1.807, 2.05) is 55.5 Å². The van der Waals surface area contributed by atoms with Crippen molar-refractivity contribution in [3.8, 4) is 5.75 Å². The van der Waals surface area contributed by atoms with Crippen molar-refractivity contribution in [3.05, 3.63) is 77.4 Å². The first-order valence-electron chi connectivity index (χ1n) is 7.01. The lowest BCUT2D eigenvalue weighted by Crippen LogP contribution is -2.01. The van der Waals surface area contributed by atoms with Crippen LogP contribution < -0.4 is 4.74 Å². The highest BCUT2D eigenvalue weighted by Crippen LogP contribution is 2.31. The molecule has 0 radical (unpaired) electrons. The van der Waals surface area contributed by atoms with E-state index in [0.29, 0.717) is 0 Å². The molecule has 21 heavy (non-hydrogen) atoms. The van der Waals surface area contributed by atoms with Crippen molar-refractivity contribution in [2.75, 3.05) is 7.11 Å². The zero-order valence-electron chi connectivity index (χ0n) is 12.2. The highest BCUT2D eigenvalue weighted by atomic mass is 16.5. The fourth-order valence-corrected chi connectivity index (χ4v) is 2.68. The summed E-state index contributed by atoms with van der Waals surface area (Å²) in [5, 5.41) is 13.0. The summed E-state index contributed by atoms with van der Waals surface area (Å²) in [5.74, 6) is 0.798. The van der Waals surface area contributed by atoms with Crippen molar-refractivity contribution < 1.29 is 9.84 Å². The molecular formula is C19H18O2. The Morgan fingerprint density at radius 2 is 1.71 bits per heavy atom. The first kappa shape index (κ1) is 13.7. The molecule has 0 spiro atoms. The fraction of sp³-hybridized carbons (Fsp3) is 0.158. The number of ether oxygens (including phenoxy) is 1.